The van der Waals surface area contributed by atoms with Gasteiger partial charge in [-0.15, -0.1) is 0 Å². The number of benzene rings is 1. The van der Waals surface area contributed by atoms with Crippen molar-refractivity contribution < 1.29 is 9.90 Å². The number of nitrogens with zero attached hydrogens (tertiary/aromatic N) is 4. The third-order valence-electron chi connectivity index (χ3n) is 5.02. The lowest BCUT2D eigenvalue weighted by atomic mass is 10.0. The van der Waals surface area contributed by atoms with Crippen molar-refractivity contribution in [2.45, 2.75) is 25.9 Å². The predicted molar refractivity (Wildman–Crippen MR) is 99.8 cm³/mol. The van der Waals surface area contributed by atoms with E-state index in [1.165, 1.54) is 0 Å². The zero-order chi connectivity index (χ0) is 18.3. The monoisotopic (exact) mass is 350 g/mol. The van der Waals surface area contributed by atoms with Gasteiger partial charge in [-0.2, -0.15) is 5.10 Å². The van der Waals surface area contributed by atoms with E-state index in [0.29, 0.717) is 37.1 Å². The van der Waals surface area contributed by atoms with Gasteiger partial charge < -0.3 is 10.0 Å². The van der Waals surface area contributed by atoms with Crippen LogP contribution >= 0.6 is 0 Å². The van der Waals surface area contributed by atoms with E-state index >= 15 is 0 Å². The number of amides is 1. The second-order valence-electron chi connectivity index (χ2n) is 6.85. The SMILES string of the molecule is Cc1nn(C)c2nc(-c3ccccc3)cc(C(=O)N3CCC(O)CC3)c12. The van der Waals surface area contributed by atoms with Crippen LogP contribution < -0.4 is 0 Å². The second kappa shape index (κ2) is 6.53. The fourth-order valence-corrected chi connectivity index (χ4v) is 3.61. The first-order valence-corrected chi connectivity index (χ1v) is 8.91. The lowest BCUT2D eigenvalue weighted by molar-refractivity contribution is 0.0548. The Bertz CT molecular complexity index is 957. The quantitative estimate of drug-likeness (QED) is 0.771. The Morgan fingerprint density at radius 1 is 1.19 bits per heavy atom. The van der Waals surface area contributed by atoms with E-state index in [-0.39, 0.29) is 12.0 Å². The Morgan fingerprint density at radius 2 is 1.88 bits per heavy atom. The van der Waals surface area contributed by atoms with Gasteiger partial charge in [-0.1, -0.05) is 30.3 Å². The molecule has 1 N–H and O–H groups in total. The highest BCUT2D eigenvalue weighted by molar-refractivity contribution is 6.07. The fraction of sp³-hybridized carbons (Fsp3) is 0.350. The summed E-state index contributed by atoms with van der Waals surface area (Å²) in [6.45, 7) is 3.05. The number of aliphatic hydroxyl groups excluding tert-OH is 1. The minimum absolute atomic E-state index is 0.0161. The van der Waals surface area contributed by atoms with E-state index in [0.717, 1.165) is 22.3 Å². The van der Waals surface area contributed by atoms with Crippen LogP contribution in [0.3, 0.4) is 0 Å². The van der Waals surface area contributed by atoms with E-state index in [9.17, 15) is 9.90 Å². The summed E-state index contributed by atoms with van der Waals surface area (Å²) in [6, 6.07) is 11.7. The predicted octanol–water partition coefficient (Wildman–Crippen LogP) is 2.54. The molecule has 0 aliphatic carbocycles. The van der Waals surface area contributed by atoms with Crippen LogP contribution in [0.5, 0.6) is 0 Å². The highest BCUT2D eigenvalue weighted by atomic mass is 16.3. The zero-order valence-electron chi connectivity index (χ0n) is 15.0. The van der Waals surface area contributed by atoms with Gasteiger partial charge in [0.05, 0.1) is 28.4 Å². The number of carbonyl (C=O) groups is 1. The molecule has 3 heterocycles. The van der Waals surface area contributed by atoms with Gasteiger partial charge in [-0.05, 0) is 25.8 Å². The highest BCUT2D eigenvalue weighted by Gasteiger charge is 2.26. The van der Waals surface area contributed by atoms with Gasteiger partial charge in [0.2, 0.25) is 0 Å². The van der Waals surface area contributed by atoms with Crippen molar-refractivity contribution >= 4 is 16.9 Å². The molecule has 2 aromatic heterocycles. The number of carbonyl (C=O) groups excluding carboxylic acids is 1. The molecule has 0 bridgehead atoms. The van der Waals surface area contributed by atoms with Crippen LogP contribution in [0.25, 0.3) is 22.3 Å². The van der Waals surface area contributed by atoms with Gasteiger partial charge in [0.25, 0.3) is 5.91 Å². The molecule has 1 amide bonds. The van der Waals surface area contributed by atoms with Gasteiger partial charge in [0, 0.05) is 25.7 Å². The maximum absolute atomic E-state index is 13.2. The summed E-state index contributed by atoms with van der Waals surface area (Å²) in [7, 11) is 1.85. The molecule has 0 atom stereocenters. The van der Waals surface area contributed by atoms with Gasteiger partial charge in [-0.25, -0.2) is 4.98 Å². The van der Waals surface area contributed by atoms with E-state index in [1.54, 1.807) is 4.68 Å². The first kappa shape index (κ1) is 16.7. The summed E-state index contributed by atoms with van der Waals surface area (Å²) in [5, 5.41) is 15.0. The molecule has 3 aromatic rings. The normalized spacial score (nSPS) is 15.6. The van der Waals surface area contributed by atoms with Crippen LogP contribution in [0.1, 0.15) is 28.9 Å². The van der Waals surface area contributed by atoms with E-state index in [4.69, 9.17) is 4.98 Å². The van der Waals surface area contributed by atoms with Crippen molar-refractivity contribution in [3.63, 3.8) is 0 Å². The minimum Gasteiger partial charge on any atom is -0.393 e. The third-order valence-corrected chi connectivity index (χ3v) is 5.02. The maximum Gasteiger partial charge on any atom is 0.254 e. The lowest BCUT2D eigenvalue weighted by Crippen LogP contribution is -2.40. The first-order chi connectivity index (χ1) is 12.5. The van der Waals surface area contributed by atoms with E-state index < -0.39 is 0 Å². The number of aliphatic hydroxyl groups is 1. The third kappa shape index (κ3) is 2.86. The van der Waals surface area contributed by atoms with Crippen molar-refractivity contribution in [3.05, 3.63) is 47.7 Å². The summed E-state index contributed by atoms with van der Waals surface area (Å²) in [5.74, 6) is -0.0161. The Balaban J connectivity index is 1.85. The van der Waals surface area contributed by atoms with Crippen LogP contribution in [0.15, 0.2) is 36.4 Å². The average Bonchev–Trinajstić information content (AvgIpc) is 2.96. The molecule has 0 spiro atoms. The minimum atomic E-state index is -0.309. The van der Waals surface area contributed by atoms with Crippen LogP contribution in [0.2, 0.25) is 0 Å². The fourth-order valence-electron chi connectivity index (χ4n) is 3.61. The standard InChI is InChI=1S/C20H22N4O2/c1-13-18-16(20(26)24-10-8-15(25)9-11-24)12-17(14-6-4-3-5-7-14)21-19(18)23(2)22-13/h3-7,12,15,25H,8-11H2,1-2H3. The summed E-state index contributed by atoms with van der Waals surface area (Å²) in [6.07, 6.45) is 0.936. The molecule has 134 valence electrons. The molecule has 6 heteroatoms. The molecular formula is C20H22N4O2. The number of aryl methyl sites for hydroxylation is 2. The number of hydrogen-bond acceptors (Lipinski definition) is 4. The second-order valence-corrected chi connectivity index (χ2v) is 6.85. The van der Waals surface area contributed by atoms with Crippen LogP contribution in [-0.2, 0) is 7.05 Å². The summed E-state index contributed by atoms with van der Waals surface area (Å²) >= 11 is 0. The van der Waals surface area contributed by atoms with Gasteiger partial charge in [0.15, 0.2) is 5.65 Å². The molecule has 6 nitrogen and oxygen atoms in total. The van der Waals surface area contributed by atoms with Gasteiger partial charge in [-0.3, -0.25) is 9.48 Å². The number of rotatable bonds is 2. The van der Waals surface area contributed by atoms with Crippen LogP contribution in [-0.4, -0.2) is 49.9 Å². The Hall–Kier alpha value is -2.73. The first-order valence-electron chi connectivity index (χ1n) is 8.91. The van der Waals surface area contributed by atoms with Crippen molar-refractivity contribution in [3.8, 4) is 11.3 Å². The summed E-state index contributed by atoms with van der Waals surface area (Å²) in [5.41, 5.74) is 3.88. The molecule has 1 fully saturated rings. The van der Waals surface area contributed by atoms with Crippen molar-refractivity contribution in [1.29, 1.82) is 0 Å². The largest absolute Gasteiger partial charge is 0.393 e. The summed E-state index contributed by atoms with van der Waals surface area (Å²) < 4.78 is 1.73. The number of fused-ring (bicyclic) bond motifs is 1. The highest BCUT2D eigenvalue weighted by Crippen LogP contribution is 2.28. The molecule has 1 saturated heterocycles. The number of aromatic nitrogens is 3. The molecule has 0 unspecified atom stereocenters. The van der Waals surface area contributed by atoms with E-state index in [1.807, 2.05) is 55.3 Å². The smallest absolute Gasteiger partial charge is 0.254 e. The maximum atomic E-state index is 13.2. The molecule has 1 aliphatic heterocycles. The molecule has 4 rings (SSSR count). The zero-order valence-corrected chi connectivity index (χ0v) is 15.0. The molecule has 26 heavy (non-hydrogen) atoms. The van der Waals surface area contributed by atoms with Crippen molar-refractivity contribution in [1.82, 2.24) is 19.7 Å². The molecule has 1 aromatic carbocycles. The van der Waals surface area contributed by atoms with Crippen molar-refractivity contribution in [2.24, 2.45) is 7.05 Å². The number of likely N-dealkylation sites (tertiary alicyclic amines) is 1. The topological polar surface area (TPSA) is 71.2 Å². The Morgan fingerprint density at radius 3 is 2.58 bits per heavy atom. The Kier molecular flexibility index (Phi) is 4.20. The summed E-state index contributed by atoms with van der Waals surface area (Å²) in [4.78, 5) is 19.8. The lowest BCUT2D eigenvalue weighted by Gasteiger charge is -2.30. The van der Waals surface area contributed by atoms with Gasteiger partial charge in [0.1, 0.15) is 0 Å². The van der Waals surface area contributed by atoms with Crippen LogP contribution in [0, 0.1) is 6.92 Å². The van der Waals surface area contributed by atoms with E-state index in [2.05, 4.69) is 5.10 Å². The molecule has 0 radical (unpaired) electrons. The van der Waals surface area contributed by atoms with Gasteiger partial charge >= 0.3 is 0 Å². The Labute approximate surface area is 152 Å². The average molecular weight is 350 g/mol. The number of hydrogen-bond donors (Lipinski definition) is 1. The van der Waals surface area contributed by atoms with Crippen molar-refractivity contribution in [2.75, 3.05) is 13.1 Å². The number of pyridine rings is 1. The molecule has 0 saturated carbocycles. The molecule has 1 aliphatic rings. The number of piperidine rings is 1. The molecular weight excluding hydrogens is 328 g/mol. The van der Waals surface area contributed by atoms with Crippen LogP contribution in [0.4, 0.5) is 0 Å².